The predicted molar refractivity (Wildman–Crippen MR) is 95.3 cm³/mol. The second-order valence-electron chi connectivity index (χ2n) is 5.47. The third kappa shape index (κ3) is 4.64. The normalized spacial score (nSPS) is 10.5. The molecule has 6 heteroatoms. The lowest BCUT2D eigenvalue weighted by atomic mass is 10.1. The molecule has 5 nitrogen and oxygen atoms in total. The van der Waals surface area contributed by atoms with Crippen LogP contribution in [0.2, 0.25) is 0 Å². The highest BCUT2D eigenvalue weighted by Gasteiger charge is 2.14. The zero-order valence-corrected chi connectivity index (χ0v) is 15.2. The fourth-order valence-electron chi connectivity index (χ4n) is 2.35. The van der Waals surface area contributed by atoms with Crippen LogP contribution in [-0.4, -0.2) is 34.7 Å². The Bertz CT molecular complexity index is 716. The summed E-state index contributed by atoms with van der Waals surface area (Å²) in [5.41, 5.74) is 1.84. The summed E-state index contributed by atoms with van der Waals surface area (Å²) in [6.07, 6.45) is 0.680. The number of methoxy groups -OCH3 is 1. The zero-order chi connectivity index (χ0) is 17.7. The van der Waals surface area contributed by atoms with Crippen molar-refractivity contribution in [1.82, 2.24) is 4.90 Å². The third-order valence-corrected chi connectivity index (χ3v) is 4.50. The minimum atomic E-state index is -0.0454. The van der Waals surface area contributed by atoms with E-state index in [9.17, 15) is 15.0 Å². The van der Waals surface area contributed by atoms with Gasteiger partial charge in [-0.2, -0.15) is 0 Å². The van der Waals surface area contributed by atoms with E-state index in [1.807, 2.05) is 12.1 Å². The minimum Gasteiger partial charge on any atom is -0.508 e. The molecule has 0 bridgehead atoms. The second kappa shape index (κ2) is 8.06. The lowest BCUT2D eigenvalue weighted by Crippen LogP contribution is -2.30. The summed E-state index contributed by atoms with van der Waals surface area (Å²) in [4.78, 5) is 13.6. The van der Waals surface area contributed by atoms with Crippen LogP contribution in [0, 0.1) is 0 Å². The number of carbonyl (C=O) groups excluding carboxylic acids is 1. The maximum absolute atomic E-state index is 11.9. The predicted octanol–water partition coefficient (Wildman–Crippen LogP) is 3.46. The van der Waals surface area contributed by atoms with Crippen molar-refractivity contribution in [2.24, 2.45) is 0 Å². The molecular weight excluding hydrogens is 374 g/mol. The van der Waals surface area contributed by atoms with Crippen molar-refractivity contribution < 1.29 is 19.7 Å². The van der Waals surface area contributed by atoms with Crippen LogP contribution >= 0.6 is 15.9 Å². The van der Waals surface area contributed by atoms with Gasteiger partial charge < -0.3 is 19.8 Å². The van der Waals surface area contributed by atoms with Gasteiger partial charge in [0.25, 0.3) is 0 Å². The summed E-state index contributed by atoms with van der Waals surface area (Å²) in [6, 6.07) is 10.2. The Morgan fingerprint density at radius 3 is 2.46 bits per heavy atom. The summed E-state index contributed by atoms with van der Waals surface area (Å²) in [5, 5.41) is 19.2. The minimum absolute atomic E-state index is 0.0396. The number of benzene rings is 2. The lowest BCUT2D eigenvalue weighted by Gasteiger charge is -2.22. The summed E-state index contributed by atoms with van der Waals surface area (Å²) in [6.45, 7) is 2.44. The average Bonchev–Trinajstić information content (AvgIpc) is 2.55. The van der Waals surface area contributed by atoms with Gasteiger partial charge in [-0.15, -0.1) is 0 Å². The van der Waals surface area contributed by atoms with Gasteiger partial charge in [-0.05, 0) is 41.8 Å². The fraction of sp³-hybridized carbons (Fsp3) is 0.278. The first kappa shape index (κ1) is 18.1. The summed E-state index contributed by atoms with van der Waals surface area (Å²) in [7, 11) is 1.49. The van der Waals surface area contributed by atoms with Gasteiger partial charge in [0.05, 0.1) is 7.11 Å². The SMILES string of the molecule is COc1cc(Br)c(CN(CCc2ccc(O)cc2)C(C)=O)cc1O. The summed E-state index contributed by atoms with van der Waals surface area (Å²) in [5.74, 6) is 0.595. The van der Waals surface area contributed by atoms with Gasteiger partial charge in [0.2, 0.25) is 5.91 Å². The molecule has 0 unspecified atom stereocenters. The topological polar surface area (TPSA) is 70.0 Å². The number of hydrogen-bond donors (Lipinski definition) is 2. The molecule has 24 heavy (non-hydrogen) atoms. The maximum Gasteiger partial charge on any atom is 0.219 e. The van der Waals surface area contributed by atoms with E-state index >= 15 is 0 Å². The van der Waals surface area contributed by atoms with Crippen molar-refractivity contribution >= 4 is 21.8 Å². The van der Waals surface area contributed by atoms with Gasteiger partial charge in [0.1, 0.15) is 5.75 Å². The van der Waals surface area contributed by atoms with E-state index in [-0.39, 0.29) is 17.4 Å². The van der Waals surface area contributed by atoms with E-state index in [1.54, 1.807) is 29.2 Å². The molecule has 0 aliphatic rings. The van der Waals surface area contributed by atoms with E-state index in [4.69, 9.17) is 4.74 Å². The molecule has 2 N–H and O–H groups in total. The van der Waals surface area contributed by atoms with Gasteiger partial charge in [-0.25, -0.2) is 0 Å². The number of halogens is 1. The van der Waals surface area contributed by atoms with E-state index in [0.717, 1.165) is 15.6 Å². The van der Waals surface area contributed by atoms with Crippen molar-refractivity contribution in [2.45, 2.75) is 19.9 Å². The quantitative estimate of drug-likeness (QED) is 0.788. The molecule has 0 aliphatic carbocycles. The smallest absolute Gasteiger partial charge is 0.219 e. The number of aromatic hydroxyl groups is 2. The molecule has 0 aromatic heterocycles. The van der Waals surface area contributed by atoms with Crippen LogP contribution in [0.5, 0.6) is 17.2 Å². The summed E-state index contributed by atoms with van der Waals surface area (Å²) < 4.78 is 5.84. The van der Waals surface area contributed by atoms with Crippen molar-refractivity contribution in [3.05, 3.63) is 52.0 Å². The van der Waals surface area contributed by atoms with E-state index in [2.05, 4.69) is 15.9 Å². The number of ether oxygens (including phenoxy) is 1. The number of hydrogen-bond acceptors (Lipinski definition) is 4. The van der Waals surface area contributed by atoms with E-state index < -0.39 is 0 Å². The van der Waals surface area contributed by atoms with Gasteiger partial charge in [0, 0.05) is 24.5 Å². The molecule has 0 atom stereocenters. The molecule has 0 fully saturated rings. The van der Waals surface area contributed by atoms with Crippen molar-refractivity contribution in [3.63, 3.8) is 0 Å². The number of carbonyl (C=O) groups is 1. The van der Waals surface area contributed by atoms with Crippen molar-refractivity contribution in [3.8, 4) is 17.2 Å². The van der Waals surface area contributed by atoms with E-state index in [1.165, 1.54) is 14.0 Å². The van der Waals surface area contributed by atoms with E-state index in [0.29, 0.717) is 25.3 Å². The Morgan fingerprint density at radius 2 is 1.88 bits per heavy atom. The number of amides is 1. The molecule has 0 saturated heterocycles. The first-order valence-electron chi connectivity index (χ1n) is 7.49. The molecule has 0 saturated carbocycles. The number of rotatable bonds is 6. The van der Waals surface area contributed by atoms with Crippen molar-refractivity contribution in [1.29, 1.82) is 0 Å². The van der Waals surface area contributed by atoms with Crippen LogP contribution in [0.1, 0.15) is 18.1 Å². The largest absolute Gasteiger partial charge is 0.508 e. The number of phenols is 2. The fourth-order valence-corrected chi connectivity index (χ4v) is 2.80. The van der Waals surface area contributed by atoms with Crippen LogP contribution in [-0.2, 0) is 17.8 Å². The maximum atomic E-state index is 11.9. The van der Waals surface area contributed by atoms with Crippen LogP contribution in [0.25, 0.3) is 0 Å². The van der Waals surface area contributed by atoms with Gasteiger partial charge in [-0.1, -0.05) is 28.1 Å². The average molecular weight is 394 g/mol. The van der Waals surface area contributed by atoms with Gasteiger partial charge >= 0.3 is 0 Å². The van der Waals surface area contributed by atoms with Crippen LogP contribution in [0.15, 0.2) is 40.9 Å². The highest BCUT2D eigenvalue weighted by molar-refractivity contribution is 9.10. The second-order valence-corrected chi connectivity index (χ2v) is 6.33. The zero-order valence-electron chi connectivity index (χ0n) is 13.6. The van der Waals surface area contributed by atoms with Crippen molar-refractivity contribution in [2.75, 3.05) is 13.7 Å². The third-order valence-electron chi connectivity index (χ3n) is 3.76. The highest BCUT2D eigenvalue weighted by Crippen LogP contribution is 2.33. The molecule has 2 aromatic carbocycles. The first-order chi connectivity index (χ1) is 11.4. The molecular formula is C18H20BrNO4. The monoisotopic (exact) mass is 393 g/mol. The van der Waals surface area contributed by atoms with Gasteiger partial charge in [-0.3, -0.25) is 4.79 Å². The van der Waals surface area contributed by atoms with Gasteiger partial charge in [0.15, 0.2) is 11.5 Å². The Morgan fingerprint density at radius 1 is 1.21 bits per heavy atom. The molecule has 2 aromatic rings. The lowest BCUT2D eigenvalue weighted by molar-refractivity contribution is -0.129. The highest BCUT2D eigenvalue weighted by atomic mass is 79.9. The molecule has 0 radical (unpaired) electrons. The van der Waals surface area contributed by atoms with Crippen LogP contribution in [0.3, 0.4) is 0 Å². The standard InChI is InChI=1S/C18H20BrNO4/c1-12(21)20(8-7-13-3-5-15(22)6-4-13)11-14-9-17(23)18(24-2)10-16(14)19/h3-6,9-10,22-23H,7-8,11H2,1-2H3. The Hall–Kier alpha value is -2.21. The molecule has 0 heterocycles. The number of nitrogens with zero attached hydrogens (tertiary/aromatic N) is 1. The Labute approximate surface area is 149 Å². The Kier molecular flexibility index (Phi) is 6.09. The number of phenolic OH excluding ortho intramolecular Hbond substituents is 2. The van der Waals surface area contributed by atoms with Crippen LogP contribution < -0.4 is 4.74 Å². The molecule has 1 amide bonds. The molecule has 0 aliphatic heterocycles. The molecule has 0 spiro atoms. The Balaban J connectivity index is 2.10. The summed E-state index contributed by atoms with van der Waals surface area (Å²) >= 11 is 3.45. The molecule has 2 rings (SSSR count). The molecule has 128 valence electrons. The van der Waals surface area contributed by atoms with Crippen LogP contribution in [0.4, 0.5) is 0 Å². The first-order valence-corrected chi connectivity index (χ1v) is 8.28.